The number of aromatic nitrogens is 4. The number of morpholine rings is 1. The summed E-state index contributed by atoms with van der Waals surface area (Å²) < 4.78 is 34.0. The van der Waals surface area contributed by atoms with E-state index in [0.717, 1.165) is 35.7 Å². The van der Waals surface area contributed by atoms with Gasteiger partial charge >= 0.3 is 0 Å². The maximum Gasteiger partial charge on any atom is 0.251 e. The lowest BCUT2D eigenvalue weighted by molar-refractivity contribution is 0.0952. The Balaban J connectivity index is 1.45. The largest absolute Gasteiger partial charge is 0.378 e. The molecule has 2 aromatic heterocycles. The van der Waals surface area contributed by atoms with Crippen molar-refractivity contribution in [1.82, 2.24) is 29.4 Å². The summed E-state index contributed by atoms with van der Waals surface area (Å²) >= 11 is 1.58. The van der Waals surface area contributed by atoms with E-state index in [0.29, 0.717) is 50.1 Å². The third-order valence-electron chi connectivity index (χ3n) is 6.11. The van der Waals surface area contributed by atoms with Crippen LogP contribution in [-0.2, 0) is 21.3 Å². The van der Waals surface area contributed by atoms with Gasteiger partial charge in [-0.2, -0.15) is 9.40 Å². The standard InChI is InChI=1S/C24H33N7O4S2/c1-4-30(5-2)37(33,34)19-9-7-18(8-10-19)23(32)25-11-12-31-22-20(17-26-31)21(27-24(28-22)36-6-3)29-13-15-35-16-14-29/h7-10,17H,4-6,11-16H2,1-3H3,(H,25,32). The molecule has 37 heavy (non-hydrogen) atoms. The van der Waals surface area contributed by atoms with Crippen molar-refractivity contribution in [2.24, 2.45) is 0 Å². The molecule has 0 atom stereocenters. The molecular weight excluding hydrogens is 514 g/mol. The maximum absolute atomic E-state index is 12.7. The lowest BCUT2D eigenvalue weighted by Crippen LogP contribution is -2.37. The van der Waals surface area contributed by atoms with Crippen molar-refractivity contribution < 1.29 is 17.9 Å². The van der Waals surface area contributed by atoms with E-state index in [2.05, 4.69) is 22.2 Å². The number of benzene rings is 1. The van der Waals surface area contributed by atoms with Gasteiger partial charge in [0.1, 0.15) is 5.82 Å². The number of thioether (sulfide) groups is 1. The summed E-state index contributed by atoms with van der Waals surface area (Å²) in [5.41, 5.74) is 1.12. The molecule has 0 radical (unpaired) electrons. The van der Waals surface area contributed by atoms with Crippen LogP contribution < -0.4 is 10.2 Å². The van der Waals surface area contributed by atoms with E-state index in [1.165, 1.54) is 28.6 Å². The number of anilines is 1. The number of nitrogens with zero attached hydrogens (tertiary/aromatic N) is 6. The van der Waals surface area contributed by atoms with Gasteiger partial charge in [-0.05, 0) is 30.0 Å². The van der Waals surface area contributed by atoms with Crippen LogP contribution in [0.15, 0.2) is 40.5 Å². The van der Waals surface area contributed by atoms with Crippen LogP contribution in [-0.4, -0.2) is 90.1 Å². The molecule has 1 fully saturated rings. The van der Waals surface area contributed by atoms with Gasteiger partial charge in [0, 0.05) is 38.3 Å². The zero-order valence-corrected chi connectivity index (χ0v) is 23.0. The van der Waals surface area contributed by atoms with E-state index in [9.17, 15) is 13.2 Å². The number of hydrogen-bond donors (Lipinski definition) is 1. The van der Waals surface area contributed by atoms with E-state index in [4.69, 9.17) is 14.7 Å². The Morgan fingerprint density at radius 2 is 1.81 bits per heavy atom. The average Bonchev–Trinajstić information content (AvgIpc) is 3.32. The highest BCUT2D eigenvalue weighted by Crippen LogP contribution is 2.27. The van der Waals surface area contributed by atoms with Crippen LogP contribution in [0.1, 0.15) is 31.1 Å². The fourth-order valence-corrected chi connectivity index (χ4v) is 6.18. The highest BCUT2D eigenvalue weighted by Gasteiger charge is 2.22. The van der Waals surface area contributed by atoms with Gasteiger partial charge in [-0.15, -0.1) is 0 Å². The minimum Gasteiger partial charge on any atom is -0.378 e. The zero-order valence-electron chi connectivity index (χ0n) is 21.4. The molecule has 1 aliphatic heterocycles. The van der Waals surface area contributed by atoms with Crippen LogP contribution in [0, 0.1) is 0 Å². The second kappa shape index (κ2) is 12.2. The summed E-state index contributed by atoms with van der Waals surface area (Å²) in [6, 6.07) is 6.01. The quantitative estimate of drug-likeness (QED) is 0.284. The Bertz CT molecular complexity index is 1320. The van der Waals surface area contributed by atoms with Crippen LogP contribution in [0.25, 0.3) is 11.0 Å². The number of rotatable bonds is 11. The predicted octanol–water partition coefficient (Wildman–Crippen LogP) is 2.24. The van der Waals surface area contributed by atoms with E-state index in [-0.39, 0.29) is 10.8 Å². The van der Waals surface area contributed by atoms with Crippen molar-refractivity contribution in [2.45, 2.75) is 37.4 Å². The topological polar surface area (TPSA) is 123 Å². The van der Waals surface area contributed by atoms with Crippen molar-refractivity contribution in [3.63, 3.8) is 0 Å². The van der Waals surface area contributed by atoms with Crippen LogP contribution in [0.2, 0.25) is 0 Å². The molecule has 13 heteroatoms. The molecule has 3 aromatic rings. The maximum atomic E-state index is 12.7. The Labute approximate surface area is 221 Å². The molecule has 0 saturated carbocycles. The molecule has 1 N–H and O–H groups in total. The molecule has 0 spiro atoms. The number of sulfonamides is 1. The predicted molar refractivity (Wildman–Crippen MR) is 144 cm³/mol. The van der Waals surface area contributed by atoms with Crippen LogP contribution in [0.4, 0.5) is 5.82 Å². The molecule has 11 nitrogen and oxygen atoms in total. The first kappa shape index (κ1) is 27.3. The van der Waals surface area contributed by atoms with Gasteiger partial charge in [-0.25, -0.2) is 23.1 Å². The van der Waals surface area contributed by atoms with E-state index in [1.54, 1.807) is 36.5 Å². The lowest BCUT2D eigenvalue weighted by atomic mass is 10.2. The summed E-state index contributed by atoms with van der Waals surface area (Å²) in [6.07, 6.45) is 1.78. The first-order valence-electron chi connectivity index (χ1n) is 12.5. The lowest BCUT2D eigenvalue weighted by Gasteiger charge is -2.28. The molecule has 200 valence electrons. The van der Waals surface area contributed by atoms with Gasteiger partial charge in [0.15, 0.2) is 10.8 Å². The first-order valence-corrected chi connectivity index (χ1v) is 14.9. The molecule has 1 amide bonds. The van der Waals surface area contributed by atoms with Crippen LogP contribution in [0.5, 0.6) is 0 Å². The summed E-state index contributed by atoms with van der Waals surface area (Å²) in [6.45, 7) is 10.0. The smallest absolute Gasteiger partial charge is 0.251 e. The summed E-state index contributed by atoms with van der Waals surface area (Å²) in [5, 5.41) is 8.98. The van der Waals surface area contributed by atoms with Gasteiger partial charge in [-0.1, -0.05) is 32.5 Å². The number of fused-ring (bicyclic) bond motifs is 1. The Hall–Kier alpha value is -2.74. The Morgan fingerprint density at radius 3 is 2.46 bits per heavy atom. The number of hydrogen-bond acceptors (Lipinski definition) is 9. The summed E-state index contributed by atoms with van der Waals surface area (Å²) in [5.74, 6) is 1.43. The van der Waals surface area contributed by atoms with E-state index < -0.39 is 10.0 Å². The van der Waals surface area contributed by atoms with E-state index >= 15 is 0 Å². The SMILES string of the molecule is CCSc1nc(N2CCOCC2)c2cnn(CCNC(=O)c3ccc(S(=O)(=O)N(CC)CC)cc3)c2n1. The molecule has 0 unspecified atom stereocenters. The molecule has 4 rings (SSSR count). The Kier molecular flexibility index (Phi) is 9.00. The number of ether oxygens (including phenoxy) is 1. The number of carbonyl (C=O) groups excluding carboxylic acids is 1. The monoisotopic (exact) mass is 547 g/mol. The highest BCUT2D eigenvalue weighted by molar-refractivity contribution is 7.99. The third-order valence-corrected chi connectivity index (χ3v) is 8.90. The normalized spacial score (nSPS) is 14.4. The molecule has 0 aliphatic carbocycles. The minimum absolute atomic E-state index is 0.173. The number of carbonyl (C=O) groups is 1. The molecule has 3 heterocycles. The molecule has 1 saturated heterocycles. The average molecular weight is 548 g/mol. The van der Waals surface area contributed by atoms with Crippen molar-refractivity contribution in [3.05, 3.63) is 36.0 Å². The van der Waals surface area contributed by atoms with Gasteiger partial charge < -0.3 is 15.0 Å². The van der Waals surface area contributed by atoms with Crippen molar-refractivity contribution in [2.75, 3.05) is 56.6 Å². The summed E-state index contributed by atoms with van der Waals surface area (Å²) in [4.78, 5) is 24.6. The molecule has 1 aromatic carbocycles. The molecule has 0 bridgehead atoms. The molecular formula is C24H33N7O4S2. The fraction of sp³-hybridized carbons (Fsp3) is 0.500. The fourth-order valence-electron chi connectivity index (χ4n) is 4.16. The van der Waals surface area contributed by atoms with E-state index in [1.807, 2.05) is 0 Å². The third kappa shape index (κ3) is 6.06. The molecule has 1 aliphatic rings. The first-order chi connectivity index (χ1) is 17.9. The Morgan fingerprint density at radius 1 is 1.11 bits per heavy atom. The second-order valence-electron chi connectivity index (χ2n) is 8.34. The van der Waals surface area contributed by atoms with Gasteiger partial charge in [0.2, 0.25) is 10.0 Å². The van der Waals surface area contributed by atoms with Crippen LogP contribution in [0.3, 0.4) is 0 Å². The second-order valence-corrected chi connectivity index (χ2v) is 11.5. The van der Waals surface area contributed by atoms with Crippen molar-refractivity contribution in [3.8, 4) is 0 Å². The van der Waals surface area contributed by atoms with Gasteiger partial charge in [0.05, 0.1) is 36.2 Å². The van der Waals surface area contributed by atoms with Crippen LogP contribution >= 0.6 is 11.8 Å². The number of amides is 1. The summed E-state index contributed by atoms with van der Waals surface area (Å²) in [7, 11) is -3.56. The van der Waals surface area contributed by atoms with Crippen molar-refractivity contribution in [1.29, 1.82) is 0 Å². The van der Waals surface area contributed by atoms with Gasteiger partial charge in [0.25, 0.3) is 5.91 Å². The zero-order chi connectivity index (χ0) is 26.4. The van der Waals surface area contributed by atoms with Crippen molar-refractivity contribution >= 4 is 44.5 Å². The highest BCUT2D eigenvalue weighted by atomic mass is 32.2. The van der Waals surface area contributed by atoms with Gasteiger partial charge in [-0.3, -0.25) is 4.79 Å². The number of nitrogens with one attached hydrogen (secondary N) is 1. The minimum atomic E-state index is -3.56.